The number of benzene rings is 1. The number of aromatic nitrogens is 8. The maximum absolute atomic E-state index is 4.86. The third-order valence-corrected chi connectivity index (χ3v) is 5.70. The van der Waals surface area contributed by atoms with Gasteiger partial charge in [-0.2, -0.15) is 10.3 Å². The minimum atomic E-state index is 0.572. The van der Waals surface area contributed by atoms with Crippen LogP contribution in [0.4, 0.5) is 0 Å². The zero-order chi connectivity index (χ0) is 23.0. The molecule has 0 aliphatic carbocycles. The van der Waals surface area contributed by atoms with Crippen molar-refractivity contribution in [3.05, 3.63) is 59.9 Å². The highest BCUT2D eigenvalue weighted by Gasteiger charge is 2.13. The summed E-state index contributed by atoms with van der Waals surface area (Å²) in [5.41, 5.74) is 3.92. The number of unbranched alkanes of at least 4 members (excludes halogenated alkanes) is 2. The van der Waals surface area contributed by atoms with Gasteiger partial charge in [0.1, 0.15) is 5.82 Å². The molecule has 0 aliphatic rings. The summed E-state index contributed by atoms with van der Waals surface area (Å²) >= 11 is 0. The molecule has 1 aromatic carbocycles. The van der Waals surface area contributed by atoms with E-state index in [0.29, 0.717) is 18.3 Å². The van der Waals surface area contributed by atoms with Gasteiger partial charge in [0.2, 0.25) is 5.82 Å². The van der Waals surface area contributed by atoms with Crippen LogP contribution < -0.4 is 0 Å². The molecule has 8 heteroatoms. The summed E-state index contributed by atoms with van der Waals surface area (Å²) in [6.07, 6.45) is 8.43. The van der Waals surface area contributed by atoms with E-state index in [2.05, 4.69) is 53.5 Å². The molecule has 1 N–H and O–H groups in total. The van der Waals surface area contributed by atoms with Crippen molar-refractivity contribution >= 4 is 0 Å². The molecule has 4 aromatic rings. The lowest BCUT2D eigenvalue weighted by atomic mass is 10.0. The molecule has 4 rings (SSSR count). The zero-order valence-corrected chi connectivity index (χ0v) is 19.7. The van der Waals surface area contributed by atoms with Crippen molar-refractivity contribution in [1.82, 2.24) is 40.4 Å². The van der Waals surface area contributed by atoms with Crippen molar-refractivity contribution in [2.45, 2.75) is 65.8 Å². The molecule has 33 heavy (non-hydrogen) atoms. The Labute approximate surface area is 194 Å². The Kier molecular flexibility index (Phi) is 7.55. The monoisotopic (exact) mass is 444 g/mol. The van der Waals surface area contributed by atoms with Gasteiger partial charge in [-0.25, -0.2) is 9.67 Å². The number of hydrogen-bond donors (Lipinski definition) is 1. The lowest BCUT2D eigenvalue weighted by molar-refractivity contribution is 0.565. The highest BCUT2D eigenvalue weighted by atomic mass is 15.5. The molecule has 0 unspecified atom stereocenters. The quantitative estimate of drug-likeness (QED) is 0.331. The van der Waals surface area contributed by atoms with E-state index in [0.717, 1.165) is 59.7 Å². The van der Waals surface area contributed by atoms with Crippen LogP contribution in [0.15, 0.2) is 42.6 Å². The van der Waals surface area contributed by atoms with Crippen molar-refractivity contribution in [3.8, 4) is 22.5 Å². The van der Waals surface area contributed by atoms with Gasteiger partial charge in [0.05, 0.1) is 12.2 Å². The lowest BCUT2D eigenvalue weighted by Crippen LogP contribution is -2.08. The minimum Gasteiger partial charge on any atom is -0.259 e. The van der Waals surface area contributed by atoms with Crippen LogP contribution in [0.3, 0.4) is 0 Å². The normalized spacial score (nSPS) is 11.4. The van der Waals surface area contributed by atoms with Crippen molar-refractivity contribution in [2.24, 2.45) is 5.92 Å². The van der Waals surface area contributed by atoms with Crippen LogP contribution >= 0.6 is 0 Å². The second kappa shape index (κ2) is 10.9. The van der Waals surface area contributed by atoms with E-state index in [1.165, 1.54) is 12.8 Å². The van der Waals surface area contributed by atoms with E-state index >= 15 is 0 Å². The highest BCUT2D eigenvalue weighted by molar-refractivity contribution is 5.79. The number of aryl methyl sites for hydroxylation is 2. The molecule has 0 spiro atoms. The first-order chi connectivity index (χ1) is 16.1. The van der Waals surface area contributed by atoms with Gasteiger partial charge in [-0.1, -0.05) is 63.9 Å². The first-order valence-electron chi connectivity index (χ1n) is 11.8. The van der Waals surface area contributed by atoms with Crippen LogP contribution in [-0.4, -0.2) is 40.4 Å². The standard InChI is InChI=1S/C25H32N8/c1-4-5-6-11-24-27-23(15-12-18(2)3)30-33(24)17-20-14-13-19(16-26-20)21-9-7-8-10-22(21)25-28-31-32-29-25/h7-10,13-14,16,18H,4-6,11-12,15,17H2,1-3H3,(H,28,29,31,32). The third-order valence-electron chi connectivity index (χ3n) is 5.70. The number of rotatable bonds is 11. The van der Waals surface area contributed by atoms with Crippen LogP contribution in [0.2, 0.25) is 0 Å². The number of H-pyrrole nitrogens is 1. The Morgan fingerprint density at radius 2 is 1.85 bits per heavy atom. The molecule has 0 saturated carbocycles. The van der Waals surface area contributed by atoms with Crippen LogP contribution in [0.5, 0.6) is 0 Å². The summed E-state index contributed by atoms with van der Waals surface area (Å²) in [6, 6.07) is 12.2. The highest BCUT2D eigenvalue weighted by Crippen LogP contribution is 2.29. The number of pyridine rings is 1. The Hall–Kier alpha value is -3.42. The smallest absolute Gasteiger partial charge is 0.205 e. The molecule has 0 bridgehead atoms. The largest absolute Gasteiger partial charge is 0.259 e. The van der Waals surface area contributed by atoms with Gasteiger partial charge in [-0.15, -0.1) is 10.2 Å². The Balaban J connectivity index is 1.53. The first kappa shape index (κ1) is 22.8. The summed E-state index contributed by atoms with van der Waals surface area (Å²) in [5.74, 6) is 3.23. The fraction of sp³-hybridized carbons (Fsp3) is 0.440. The molecule has 3 aromatic heterocycles. The topological polar surface area (TPSA) is 98.1 Å². The number of hydrogen-bond acceptors (Lipinski definition) is 6. The number of aromatic amines is 1. The fourth-order valence-corrected chi connectivity index (χ4v) is 3.83. The summed E-state index contributed by atoms with van der Waals surface area (Å²) in [4.78, 5) is 9.60. The zero-order valence-electron chi connectivity index (χ0n) is 19.7. The lowest BCUT2D eigenvalue weighted by Gasteiger charge is -2.09. The van der Waals surface area contributed by atoms with Crippen LogP contribution in [0.25, 0.3) is 22.5 Å². The summed E-state index contributed by atoms with van der Waals surface area (Å²) in [5, 5.41) is 19.3. The van der Waals surface area contributed by atoms with E-state index in [4.69, 9.17) is 15.1 Å². The molecule has 3 heterocycles. The molecule has 0 saturated heterocycles. The van der Waals surface area contributed by atoms with Crippen LogP contribution in [0, 0.1) is 5.92 Å². The molecule has 0 radical (unpaired) electrons. The first-order valence-corrected chi connectivity index (χ1v) is 11.8. The summed E-state index contributed by atoms with van der Waals surface area (Å²) < 4.78 is 2.04. The van der Waals surface area contributed by atoms with Gasteiger partial charge in [-0.05, 0) is 35.6 Å². The molecule has 0 fully saturated rings. The minimum absolute atomic E-state index is 0.572. The predicted molar refractivity (Wildman–Crippen MR) is 128 cm³/mol. The average Bonchev–Trinajstić information content (AvgIpc) is 3.49. The molecule has 0 aliphatic heterocycles. The maximum atomic E-state index is 4.86. The number of nitrogens with zero attached hydrogens (tertiary/aromatic N) is 7. The fourth-order valence-electron chi connectivity index (χ4n) is 3.83. The second-order valence-corrected chi connectivity index (χ2v) is 8.81. The Bertz CT molecular complexity index is 1130. The SMILES string of the molecule is CCCCCc1nc(CCC(C)C)nn1Cc1ccc(-c2ccccc2-c2nn[nH]n2)cn1. The maximum Gasteiger partial charge on any atom is 0.205 e. The van der Waals surface area contributed by atoms with Gasteiger partial charge in [-0.3, -0.25) is 4.98 Å². The second-order valence-electron chi connectivity index (χ2n) is 8.81. The number of nitrogens with one attached hydrogen (secondary N) is 1. The molecule has 0 amide bonds. The van der Waals surface area contributed by atoms with Crippen molar-refractivity contribution < 1.29 is 0 Å². The van der Waals surface area contributed by atoms with E-state index in [1.54, 1.807) is 0 Å². The van der Waals surface area contributed by atoms with Gasteiger partial charge in [0.25, 0.3) is 0 Å². The Morgan fingerprint density at radius 3 is 2.55 bits per heavy atom. The number of tetrazole rings is 1. The van der Waals surface area contributed by atoms with Crippen LogP contribution in [-0.2, 0) is 19.4 Å². The van der Waals surface area contributed by atoms with Gasteiger partial charge >= 0.3 is 0 Å². The van der Waals surface area contributed by atoms with E-state index < -0.39 is 0 Å². The summed E-state index contributed by atoms with van der Waals surface area (Å²) in [6.45, 7) is 7.33. The molecule has 8 nitrogen and oxygen atoms in total. The van der Waals surface area contributed by atoms with Crippen molar-refractivity contribution in [3.63, 3.8) is 0 Å². The predicted octanol–water partition coefficient (Wildman–Crippen LogP) is 4.89. The van der Waals surface area contributed by atoms with Crippen LogP contribution in [0.1, 0.15) is 63.8 Å². The third kappa shape index (κ3) is 5.88. The van der Waals surface area contributed by atoms with Gasteiger partial charge in [0.15, 0.2) is 5.82 Å². The van der Waals surface area contributed by atoms with Crippen molar-refractivity contribution in [1.29, 1.82) is 0 Å². The molecule has 0 atom stereocenters. The average molecular weight is 445 g/mol. The van der Waals surface area contributed by atoms with E-state index in [-0.39, 0.29) is 0 Å². The summed E-state index contributed by atoms with van der Waals surface area (Å²) in [7, 11) is 0. The molecular formula is C25H32N8. The van der Waals surface area contributed by atoms with Crippen molar-refractivity contribution in [2.75, 3.05) is 0 Å². The molecular weight excluding hydrogens is 412 g/mol. The van der Waals surface area contributed by atoms with E-state index in [9.17, 15) is 0 Å². The van der Waals surface area contributed by atoms with Gasteiger partial charge in [0, 0.05) is 30.2 Å². The van der Waals surface area contributed by atoms with E-state index in [1.807, 2.05) is 35.1 Å². The van der Waals surface area contributed by atoms with Gasteiger partial charge < -0.3 is 0 Å². The molecule has 172 valence electrons. The Morgan fingerprint density at radius 1 is 1.00 bits per heavy atom.